The average Bonchev–Trinajstić information content (AvgIpc) is 3.34. The molecule has 1 aliphatic carbocycles. The Labute approximate surface area is 183 Å². The number of hydrogen-bond donors (Lipinski definition) is 1. The molecule has 4 aromatic rings. The Hall–Kier alpha value is -2.35. The second kappa shape index (κ2) is 7.41. The second-order valence-electron chi connectivity index (χ2n) is 8.15. The standard InChI is InChI=1S/C22H21ClN6S/c23-16-7-8-17-15(10-16)11-24-12-19-26-27-22(29(17)19)14-5-3-13(4-6-14)20-21-18(30-28-20)2-1-9-25-21/h1-2,7-10,13-14,24H,3-6,11-12H2. The predicted octanol–water partition coefficient (Wildman–Crippen LogP) is 4.97. The summed E-state index contributed by atoms with van der Waals surface area (Å²) in [4.78, 5) is 4.59. The van der Waals surface area contributed by atoms with Gasteiger partial charge >= 0.3 is 0 Å². The molecule has 8 heteroatoms. The van der Waals surface area contributed by atoms with Gasteiger partial charge in [-0.1, -0.05) is 11.6 Å². The molecular weight excluding hydrogens is 416 g/mol. The molecule has 1 aromatic carbocycles. The first-order valence-corrected chi connectivity index (χ1v) is 11.6. The lowest BCUT2D eigenvalue weighted by Crippen LogP contribution is -2.17. The molecule has 152 valence electrons. The summed E-state index contributed by atoms with van der Waals surface area (Å²) in [6.07, 6.45) is 6.26. The number of fused-ring (bicyclic) bond motifs is 4. The van der Waals surface area contributed by atoms with Gasteiger partial charge in [0.25, 0.3) is 0 Å². The SMILES string of the molecule is Clc1ccc2c(c1)CNCc1nnc(C3CCC(c4nsc5cccnc45)CC3)n1-2. The van der Waals surface area contributed by atoms with Crippen molar-refractivity contribution >= 4 is 33.4 Å². The van der Waals surface area contributed by atoms with Crippen LogP contribution in [-0.4, -0.2) is 24.1 Å². The summed E-state index contributed by atoms with van der Waals surface area (Å²) in [6, 6.07) is 10.2. The van der Waals surface area contributed by atoms with Crippen LogP contribution in [0.15, 0.2) is 36.5 Å². The van der Waals surface area contributed by atoms with Crippen molar-refractivity contribution in [3.63, 3.8) is 0 Å². The monoisotopic (exact) mass is 436 g/mol. The summed E-state index contributed by atoms with van der Waals surface area (Å²) in [7, 11) is 0. The molecule has 0 saturated heterocycles. The Morgan fingerprint density at radius 3 is 2.80 bits per heavy atom. The number of aromatic nitrogens is 5. The number of nitrogens with zero attached hydrogens (tertiary/aromatic N) is 5. The van der Waals surface area contributed by atoms with Crippen LogP contribution < -0.4 is 5.32 Å². The molecule has 30 heavy (non-hydrogen) atoms. The Morgan fingerprint density at radius 1 is 1.03 bits per heavy atom. The van der Waals surface area contributed by atoms with E-state index in [0.29, 0.717) is 18.4 Å². The summed E-state index contributed by atoms with van der Waals surface area (Å²) in [6.45, 7) is 1.50. The first-order chi connectivity index (χ1) is 14.8. The Morgan fingerprint density at radius 2 is 1.90 bits per heavy atom. The van der Waals surface area contributed by atoms with E-state index in [9.17, 15) is 0 Å². The largest absolute Gasteiger partial charge is 0.306 e. The lowest BCUT2D eigenvalue weighted by atomic mass is 9.80. The van der Waals surface area contributed by atoms with Crippen LogP contribution in [0.5, 0.6) is 0 Å². The zero-order chi connectivity index (χ0) is 20.1. The molecule has 0 spiro atoms. The van der Waals surface area contributed by atoms with E-state index >= 15 is 0 Å². The first-order valence-electron chi connectivity index (χ1n) is 10.4. The summed E-state index contributed by atoms with van der Waals surface area (Å²) >= 11 is 7.81. The molecule has 1 aliphatic heterocycles. The van der Waals surface area contributed by atoms with Crippen molar-refractivity contribution in [1.82, 2.24) is 29.4 Å². The summed E-state index contributed by atoms with van der Waals surface area (Å²) in [5.41, 5.74) is 4.60. The normalized spacial score (nSPS) is 21.2. The fourth-order valence-corrected chi connectivity index (χ4v) is 5.90. The van der Waals surface area contributed by atoms with Crippen LogP contribution in [0, 0.1) is 0 Å². The Bertz CT molecular complexity index is 1220. The van der Waals surface area contributed by atoms with Crippen LogP contribution in [0.1, 0.15) is 60.4 Å². The Balaban J connectivity index is 1.29. The molecule has 3 aromatic heterocycles. The van der Waals surface area contributed by atoms with Crippen LogP contribution in [-0.2, 0) is 13.1 Å². The van der Waals surface area contributed by atoms with Gasteiger partial charge in [-0.15, -0.1) is 10.2 Å². The molecule has 4 heterocycles. The van der Waals surface area contributed by atoms with Crippen LogP contribution in [0.4, 0.5) is 0 Å². The van der Waals surface area contributed by atoms with Crippen molar-refractivity contribution in [2.75, 3.05) is 0 Å². The lowest BCUT2D eigenvalue weighted by Gasteiger charge is -2.27. The molecule has 0 radical (unpaired) electrons. The van der Waals surface area contributed by atoms with Gasteiger partial charge in [0.2, 0.25) is 0 Å². The fraction of sp³-hybridized carbons (Fsp3) is 0.364. The third kappa shape index (κ3) is 3.04. The quantitative estimate of drug-likeness (QED) is 0.480. The van der Waals surface area contributed by atoms with Crippen LogP contribution in [0.2, 0.25) is 5.02 Å². The van der Waals surface area contributed by atoms with Gasteiger partial charge in [0.05, 0.1) is 22.6 Å². The molecule has 0 atom stereocenters. The van der Waals surface area contributed by atoms with Gasteiger partial charge in [0.1, 0.15) is 11.3 Å². The van der Waals surface area contributed by atoms with E-state index in [1.54, 1.807) is 11.5 Å². The molecule has 0 unspecified atom stereocenters. The van der Waals surface area contributed by atoms with E-state index < -0.39 is 0 Å². The summed E-state index contributed by atoms with van der Waals surface area (Å²) in [5.74, 6) is 2.94. The van der Waals surface area contributed by atoms with Gasteiger partial charge in [0, 0.05) is 29.6 Å². The van der Waals surface area contributed by atoms with Crippen LogP contribution >= 0.6 is 23.1 Å². The maximum absolute atomic E-state index is 6.25. The molecule has 1 saturated carbocycles. The molecule has 6 nitrogen and oxygen atoms in total. The minimum atomic E-state index is 0.405. The van der Waals surface area contributed by atoms with E-state index in [0.717, 1.165) is 60.1 Å². The van der Waals surface area contributed by atoms with Crippen molar-refractivity contribution in [3.05, 3.63) is 64.5 Å². The fourth-order valence-electron chi connectivity index (χ4n) is 4.89. The second-order valence-corrected chi connectivity index (χ2v) is 9.39. The number of rotatable bonds is 2. The minimum absolute atomic E-state index is 0.405. The average molecular weight is 437 g/mol. The third-order valence-corrected chi connectivity index (χ3v) is 7.42. The van der Waals surface area contributed by atoms with E-state index in [-0.39, 0.29) is 0 Å². The highest BCUT2D eigenvalue weighted by atomic mass is 35.5. The predicted molar refractivity (Wildman–Crippen MR) is 118 cm³/mol. The first kappa shape index (κ1) is 18.4. The highest BCUT2D eigenvalue weighted by Crippen LogP contribution is 2.42. The molecule has 6 rings (SSSR count). The molecule has 0 bridgehead atoms. The summed E-state index contributed by atoms with van der Waals surface area (Å²) in [5, 5.41) is 13.4. The van der Waals surface area contributed by atoms with Gasteiger partial charge in [-0.25, -0.2) is 0 Å². The molecule has 1 fully saturated rings. The number of hydrogen-bond acceptors (Lipinski definition) is 6. The third-order valence-electron chi connectivity index (χ3n) is 6.37. The van der Waals surface area contributed by atoms with Gasteiger partial charge in [-0.05, 0) is 73.1 Å². The Kier molecular flexibility index (Phi) is 4.55. The summed E-state index contributed by atoms with van der Waals surface area (Å²) < 4.78 is 8.19. The number of benzene rings is 1. The van der Waals surface area contributed by atoms with Gasteiger partial charge in [0.15, 0.2) is 5.82 Å². The number of halogens is 1. The minimum Gasteiger partial charge on any atom is -0.306 e. The van der Waals surface area contributed by atoms with Crippen LogP contribution in [0.25, 0.3) is 15.9 Å². The molecule has 0 amide bonds. The zero-order valence-corrected chi connectivity index (χ0v) is 18.0. The molecular formula is C22H21ClN6S. The number of pyridine rings is 1. The van der Waals surface area contributed by atoms with Crippen molar-refractivity contribution in [3.8, 4) is 5.69 Å². The highest BCUT2D eigenvalue weighted by molar-refractivity contribution is 7.13. The molecule has 1 N–H and O–H groups in total. The van der Waals surface area contributed by atoms with Crippen molar-refractivity contribution in [2.45, 2.75) is 50.6 Å². The number of nitrogens with one attached hydrogen (secondary N) is 1. The topological polar surface area (TPSA) is 68.5 Å². The van der Waals surface area contributed by atoms with E-state index in [1.807, 2.05) is 24.4 Å². The maximum Gasteiger partial charge on any atom is 0.151 e. The van der Waals surface area contributed by atoms with Crippen molar-refractivity contribution < 1.29 is 0 Å². The lowest BCUT2D eigenvalue weighted by molar-refractivity contribution is 0.380. The van der Waals surface area contributed by atoms with E-state index in [4.69, 9.17) is 16.0 Å². The van der Waals surface area contributed by atoms with Gasteiger partial charge < -0.3 is 5.32 Å². The van der Waals surface area contributed by atoms with Crippen molar-refractivity contribution in [1.29, 1.82) is 0 Å². The van der Waals surface area contributed by atoms with Crippen LogP contribution in [0.3, 0.4) is 0 Å². The molecule has 2 aliphatic rings. The van der Waals surface area contributed by atoms with Crippen molar-refractivity contribution in [2.24, 2.45) is 0 Å². The smallest absolute Gasteiger partial charge is 0.151 e. The van der Waals surface area contributed by atoms with E-state index in [1.165, 1.54) is 16.0 Å². The van der Waals surface area contributed by atoms with Gasteiger partial charge in [-0.2, -0.15) is 4.37 Å². The maximum atomic E-state index is 6.25. The highest BCUT2D eigenvalue weighted by Gasteiger charge is 2.31. The van der Waals surface area contributed by atoms with E-state index in [2.05, 4.69) is 37.2 Å². The van der Waals surface area contributed by atoms with Gasteiger partial charge in [-0.3, -0.25) is 9.55 Å². The zero-order valence-electron chi connectivity index (χ0n) is 16.4.